The Morgan fingerprint density at radius 1 is 1.21 bits per heavy atom. The predicted octanol–water partition coefficient (Wildman–Crippen LogP) is 1.89. The first-order valence-corrected chi connectivity index (χ1v) is 7.43. The first-order chi connectivity index (χ1) is 9.11. The summed E-state index contributed by atoms with van der Waals surface area (Å²) in [6.07, 6.45) is 0.904. The molecule has 19 heavy (non-hydrogen) atoms. The Balaban J connectivity index is 1.96. The van der Waals surface area contributed by atoms with Crippen molar-refractivity contribution in [3.8, 4) is 0 Å². The summed E-state index contributed by atoms with van der Waals surface area (Å²) >= 11 is 1.69. The van der Waals surface area contributed by atoms with Gasteiger partial charge in [-0.3, -0.25) is 4.90 Å². The topological polar surface area (TPSA) is 26.7 Å². The van der Waals surface area contributed by atoms with Crippen LogP contribution in [0.2, 0.25) is 0 Å². The van der Waals surface area contributed by atoms with Crippen molar-refractivity contribution in [2.24, 2.45) is 0 Å². The number of benzene rings is 1. The van der Waals surface area contributed by atoms with Crippen LogP contribution >= 0.6 is 11.9 Å². The quantitative estimate of drug-likeness (QED) is 0.856. The Kier molecular flexibility index (Phi) is 5.15. The summed E-state index contributed by atoms with van der Waals surface area (Å²) in [5.41, 5.74) is -0.227. The summed E-state index contributed by atoms with van der Waals surface area (Å²) in [6.45, 7) is 3.66. The van der Waals surface area contributed by atoms with E-state index in [9.17, 15) is 13.9 Å². The molecule has 1 aliphatic heterocycles. The smallest absolute Gasteiger partial charge is 0.131 e. The van der Waals surface area contributed by atoms with Crippen molar-refractivity contribution in [2.45, 2.75) is 6.10 Å². The van der Waals surface area contributed by atoms with Crippen molar-refractivity contribution in [2.75, 3.05) is 39.0 Å². The molecule has 0 bridgehead atoms. The number of β-amino-alcohol motifs (C(OH)–C–C–N with tert-alkyl or cyclic N) is 1. The summed E-state index contributed by atoms with van der Waals surface area (Å²) in [7, 11) is 0. The van der Waals surface area contributed by atoms with Gasteiger partial charge in [0.2, 0.25) is 0 Å². The highest BCUT2D eigenvalue weighted by atomic mass is 32.2. The van der Waals surface area contributed by atoms with Gasteiger partial charge in [0.15, 0.2) is 0 Å². The third-order valence-electron chi connectivity index (χ3n) is 3.35. The largest absolute Gasteiger partial charge is 0.387 e. The van der Waals surface area contributed by atoms with Crippen LogP contribution < -0.4 is 0 Å². The lowest BCUT2D eigenvalue weighted by Crippen LogP contribution is -2.44. The number of aliphatic hydroxyl groups excluding tert-OH is 1. The van der Waals surface area contributed by atoms with Crippen LogP contribution in [0.25, 0.3) is 0 Å². The Labute approximate surface area is 116 Å². The summed E-state index contributed by atoms with van der Waals surface area (Å²) in [5.74, 6) is -1.37. The lowest BCUT2D eigenvalue weighted by atomic mass is 10.1. The fourth-order valence-electron chi connectivity index (χ4n) is 2.26. The average molecular weight is 288 g/mol. The fourth-order valence-corrected chi connectivity index (χ4v) is 2.79. The van der Waals surface area contributed by atoms with Crippen molar-refractivity contribution in [1.29, 1.82) is 0 Å². The zero-order chi connectivity index (χ0) is 13.8. The molecule has 106 valence electrons. The zero-order valence-corrected chi connectivity index (χ0v) is 11.7. The molecule has 0 saturated carbocycles. The van der Waals surface area contributed by atoms with E-state index in [1.807, 2.05) is 11.2 Å². The molecular formula is C13H18F2N2OS. The van der Waals surface area contributed by atoms with Crippen LogP contribution in [0.15, 0.2) is 18.2 Å². The van der Waals surface area contributed by atoms with Gasteiger partial charge in [-0.2, -0.15) is 0 Å². The van der Waals surface area contributed by atoms with E-state index in [0.717, 1.165) is 26.2 Å². The monoisotopic (exact) mass is 288 g/mol. The van der Waals surface area contributed by atoms with E-state index in [1.54, 1.807) is 11.9 Å². The fraction of sp³-hybridized carbons (Fsp3) is 0.538. The minimum atomic E-state index is -1.12. The van der Waals surface area contributed by atoms with Crippen LogP contribution in [-0.4, -0.2) is 53.3 Å². The highest BCUT2D eigenvalue weighted by Gasteiger charge is 2.23. The number of hydrogen-bond donors (Lipinski definition) is 1. The second-order valence-electron chi connectivity index (χ2n) is 4.56. The minimum absolute atomic E-state index is 0.227. The predicted molar refractivity (Wildman–Crippen MR) is 72.8 cm³/mol. The standard InChI is InChI=1S/C13H18F2N2OS/c1-19-17-7-5-16(6-8-17)9-12(18)13-10(14)3-2-4-11(13)15/h2-4,12,18H,5-9H2,1H3. The second kappa shape index (κ2) is 6.65. The summed E-state index contributed by atoms with van der Waals surface area (Å²) in [4.78, 5) is 2.03. The van der Waals surface area contributed by atoms with Crippen LogP contribution in [0.3, 0.4) is 0 Å². The van der Waals surface area contributed by atoms with Crippen molar-refractivity contribution in [1.82, 2.24) is 9.21 Å². The summed E-state index contributed by atoms with van der Waals surface area (Å²) in [5, 5.41) is 10.0. The molecule has 6 heteroatoms. The third kappa shape index (κ3) is 3.66. The van der Waals surface area contributed by atoms with Crippen molar-refractivity contribution in [3.05, 3.63) is 35.4 Å². The Morgan fingerprint density at radius 2 is 1.79 bits per heavy atom. The number of rotatable bonds is 4. The van der Waals surface area contributed by atoms with Gasteiger partial charge in [0.1, 0.15) is 11.6 Å². The van der Waals surface area contributed by atoms with Gasteiger partial charge in [0, 0.05) is 32.7 Å². The number of nitrogens with zero attached hydrogens (tertiary/aromatic N) is 2. The van der Waals surface area contributed by atoms with Crippen LogP contribution in [0.1, 0.15) is 11.7 Å². The summed E-state index contributed by atoms with van der Waals surface area (Å²) in [6, 6.07) is 3.65. The van der Waals surface area contributed by atoms with Gasteiger partial charge in [-0.25, -0.2) is 13.1 Å². The first kappa shape index (κ1) is 14.7. The highest BCUT2D eigenvalue weighted by Crippen LogP contribution is 2.22. The molecule has 0 aromatic heterocycles. The molecule has 1 N–H and O–H groups in total. The van der Waals surface area contributed by atoms with Crippen molar-refractivity contribution < 1.29 is 13.9 Å². The second-order valence-corrected chi connectivity index (χ2v) is 5.44. The number of halogens is 2. The molecule has 0 spiro atoms. The number of piperazine rings is 1. The van der Waals surface area contributed by atoms with E-state index >= 15 is 0 Å². The maximum atomic E-state index is 13.5. The molecule has 0 radical (unpaired) electrons. The SMILES string of the molecule is CSN1CCN(CC(O)c2c(F)cccc2F)CC1. The highest BCUT2D eigenvalue weighted by molar-refractivity contribution is 7.96. The maximum Gasteiger partial charge on any atom is 0.131 e. The van der Waals surface area contributed by atoms with Gasteiger partial charge in [-0.15, -0.1) is 0 Å². The summed E-state index contributed by atoms with van der Waals surface area (Å²) < 4.78 is 29.3. The lowest BCUT2D eigenvalue weighted by Gasteiger charge is -2.34. The van der Waals surface area contributed by atoms with Crippen LogP contribution in [0.4, 0.5) is 8.78 Å². The van der Waals surface area contributed by atoms with Crippen LogP contribution in [0, 0.1) is 11.6 Å². The van der Waals surface area contributed by atoms with E-state index in [0.29, 0.717) is 0 Å². The molecular weight excluding hydrogens is 270 g/mol. The molecule has 1 unspecified atom stereocenters. The molecule has 1 aromatic carbocycles. The molecule has 1 aliphatic rings. The van der Waals surface area contributed by atoms with E-state index in [2.05, 4.69) is 4.31 Å². The van der Waals surface area contributed by atoms with E-state index in [4.69, 9.17) is 0 Å². The van der Waals surface area contributed by atoms with E-state index < -0.39 is 17.7 Å². The van der Waals surface area contributed by atoms with Gasteiger partial charge in [0.05, 0.1) is 11.7 Å². The molecule has 1 fully saturated rings. The van der Waals surface area contributed by atoms with Gasteiger partial charge < -0.3 is 5.11 Å². The molecule has 3 nitrogen and oxygen atoms in total. The first-order valence-electron chi connectivity index (χ1n) is 6.25. The zero-order valence-electron chi connectivity index (χ0n) is 10.9. The van der Waals surface area contributed by atoms with E-state index in [1.165, 1.54) is 18.2 Å². The Morgan fingerprint density at radius 3 is 2.32 bits per heavy atom. The minimum Gasteiger partial charge on any atom is -0.387 e. The van der Waals surface area contributed by atoms with E-state index in [-0.39, 0.29) is 12.1 Å². The lowest BCUT2D eigenvalue weighted by molar-refractivity contribution is 0.0891. The van der Waals surface area contributed by atoms with Crippen LogP contribution in [-0.2, 0) is 0 Å². The molecule has 1 saturated heterocycles. The molecule has 1 atom stereocenters. The molecule has 1 aromatic rings. The van der Waals surface area contributed by atoms with Crippen LogP contribution in [0.5, 0.6) is 0 Å². The molecule has 0 aliphatic carbocycles. The van der Waals surface area contributed by atoms with Gasteiger partial charge in [-0.05, 0) is 18.4 Å². The molecule has 2 rings (SSSR count). The molecule has 0 amide bonds. The van der Waals surface area contributed by atoms with Gasteiger partial charge in [0.25, 0.3) is 0 Å². The number of aliphatic hydroxyl groups is 1. The normalized spacial score (nSPS) is 19.6. The average Bonchev–Trinajstić information content (AvgIpc) is 2.39. The van der Waals surface area contributed by atoms with Crippen molar-refractivity contribution >= 4 is 11.9 Å². The third-order valence-corrected chi connectivity index (χ3v) is 4.24. The van der Waals surface area contributed by atoms with Gasteiger partial charge in [-0.1, -0.05) is 18.0 Å². The van der Waals surface area contributed by atoms with Gasteiger partial charge >= 0.3 is 0 Å². The maximum absolute atomic E-state index is 13.5. The Bertz CT molecular complexity index is 405. The number of hydrogen-bond acceptors (Lipinski definition) is 4. The van der Waals surface area contributed by atoms with Crippen molar-refractivity contribution in [3.63, 3.8) is 0 Å². The molecule has 1 heterocycles. The Hall–Kier alpha value is -0.690.